The van der Waals surface area contributed by atoms with Crippen LogP contribution in [-0.2, 0) is 14.9 Å². The molecule has 0 unspecified atom stereocenters. The van der Waals surface area contributed by atoms with Gasteiger partial charge in [-0.3, -0.25) is 10.1 Å². The number of hydrogen-bond acceptors (Lipinski definition) is 7. The minimum atomic E-state index is -0.583. The summed E-state index contributed by atoms with van der Waals surface area (Å²) in [6, 6.07) is 11.2. The highest BCUT2D eigenvalue weighted by Crippen LogP contribution is 2.28. The van der Waals surface area contributed by atoms with Gasteiger partial charge in [0.2, 0.25) is 5.88 Å². The van der Waals surface area contributed by atoms with Crippen LogP contribution in [-0.4, -0.2) is 28.6 Å². The van der Waals surface area contributed by atoms with E-state index < -0.39 is 18.5 Å². The van der Waals surface area contributed by atoms with Crippen LogP contribution in [0, 0.1) is 6.92 Å². The Morgan fingerprint density at radius 3 is 2.57 bits per heavy atom. The molecule has 28 heavy (non-hydrogen) atoms. The highest BCUT2D eigenvalue weighted by atomic mass is 32.1. The number of hydrogen-bond donors (Lipinski definition) is 1. The number of benzene rings is 1. The standard InChI is InChI=1S/C20H21N3O4S/c1-12-17(28-18(21-12)13-8-6-5-7-9-13)19(25)26-11-15(24)22-16-10-14(23-27-16)20(2,3)4/h5-10H,11H2,1-4H3,(H,22,24). The number of esters is 1. The van der Waals surface area contributed by atoms with Crippen LogP contribution < -0.4 is 5.32 Å². The average Bonchev–Trinajstić information content (AvgIpc) is 3.27. The van der Waals surface area contributed by atoms with Crippen molar-refractivity contribution < 1.29 is 18.8 Å². The summed E-state index contributed by atoms with van der Waals surface area (Å²) in [5.41, 5.74) is 2.01. The van der Waals surface area contributed by atoms with Crippen molar-refractivity contribution in [3.8, 4) is 10.6 Å². The van der Waals surface area contributed by atoms with Gasteiger partial charge < -0.3 is 9.26 Å². The van der Waals surface area contributed by atoms with Crippen molar-refractivity contribution in [2.75, 3.05) is 11.9 Å². The van der Waals surface area contributed by atoms with Crippen molar-refractivity contribution >= 4 is 29.1 Å². The van der Waals surface area contributed by atoms with Crippen LogP contribution in [0.25, 0.3) is 10.6 Å². The third-order valence-electron chi connectivity index (χ3n) is 3.88. The summed E-state index contributed by atoms with van der Waals surface area (Å²) in [6.07, 6.45) is 0. The molecular formula is C20H21N3O4S. The van der Waals surface area contributed by atoms with Crippen LogP contribution in [0.2, 0.25) is 0 Å². The molecule has 1 N–H and O–H groups in total. The third-order valence-corrected chi connectivity index (χ3v) is 5.06. The van der Waals surface area contributed by atoms with Crippen LogP contribution in [0.5, 0.6) is 0 Å². The van der Waals surface area contributed by atoms with Gasteiger partial charge in [-0.1, -0.05) is 56.3 Å². The van der Waals surface area contributed by atoms with E-state index in [9.17, 15) is 9.59 Å². The van der Waals surface area contributed by atoms with E-state index in [-0.39, 0.29) is 11.3 Å². The van der Waals surface area contributed by atoms with Gasteiger partial charge in [-0.05, 0) is 6.92 Å². The van der Waals surface area contributed by atoms with Crippen LogP contribution >= 0.6 is 11.3 Å². The van der Waals surface area contributed by atoms with Gasteiger partial charge in [-0.25, -0.2) is 9.78 Å². The van der Waals surface area contributed by atoms with Gasteiger partial charge in [0.25, 0.3) is 5.91 Å². The molecule has 3 aromatic rings. The predicted molar refractivity (Wildman–Crippen MR) is 106 cm³/mol. The highest BCUT2D eigenvalue weighted by Gasteiger charge is 2.21. The third kappa shape index (κ3) is 4.64. The van der Waals surface area contributed by atoms with Crippen LogP contribution in [0.4, 0.5) is 5.88 Å². The van der Waals surface area contributed by atoms with Crippen LogP contribution in [0.3, 0.4) is 0 Å². The number of aromatic nitrogens is 2. The molecule has 0 saturated carbocycles. The number of nitrogens with one attached hydrogen (secondary N) is 1. The Morgan fingerprint density at radius 1 is 1.21 bits per heavy atom. The minimum Gasteiger partial charge on any atom is -0.451 e. The fourth-order valence-electron chi connectivity index (χ4n) is 2.35. The Labute approximate surface area is 166 Å². The quantitative estimate of drug-likeness (QED) is 0.646. The number of amides is 1. The second-order valence-corrected chi connectivity index (χ2v) is 8.25. The molecule has 146 valence electrons. The summed E-state index contributed by atoms with van der Waals surface area (Å²) in [5, 5.41) is 7.18. The van der Waals surface area contributed by atoms with Gasteiger partial charge in [0.05, 0.1) is 11.4 Å². The lowest BCUT2D eigenvalue weighted by Crippen LogP contribution is -2.20. The lowest BCUT2D eigenvalue weighted by molar-refractivity contribution is -0.119. The number of nitrogens with zero attached hydrogens (tertiary/aromatic N) is 2. The van der Waals surface area contributed by atoms with E-state index >= 15 is 0 Å². The maximum atomic E-state index is 12.3. The molecule has 8 heteroatoms. The molecule has 0 spiro atoms. The first-order valence-electron chi connectivity index (χ1n) is 8.71. The Kier molecular flexibility index (Phi) is 5.60. The summed E-state index contributed by atoms with van der Waals surface area (Å²) in [4.78, 5) is 29.2. The summed E-state index contributed by atoms with van der Waals surface area (Å²) in [7, 11) is 0. The van der Waals surface area contributed by atoms with Gasteiger partial charge in [0.15, 0.2) is 6.61 Å². The molecule has 0 aliphatic heterocycles. The molecular weight excluding hydrogens is 378 g/mol. The number of carbonyl (C=O) groups excluding carboxylic acids is 2. The fraction of sp³-hybridized carbons (Fsp3) is 0.300. The first-order valence-corrected chi connectivity index (χ1v) is 9.52. The van der Waals surface area contributed by atoms with E-state index in [0.717, 1.165) is 10.6 Å². The second kappa shape index (κ2) is 7.93. The SMILES string of the molecule is Cc1nc(-c2ccccc2)sc1C(=O)OCC(=O)Nc1cc(C(C)(C)C)no1. The zero-order chi connectivity index (χ0) is 20.3. The topological polar surface area (TPSA) is 94.3 Å². The van der Waals surface area contributed by atoms with Crippen molar-refractivity contribution in [1.82, 2.24) is 10.1 Å². The summed E-state index contributed by atoms with van der Waals surface area (Å²) >= 11 is 1.24. The highest BCUT2D eigenvalue weighted by molar-refractivity contribution is 7.17. The normalized spacial score (nSPS) is 11.3. The molecule has 3 rings (SSSR count). The minimum absolute atomic E-state index is 0.195. The smallest absolute Gasteiger partial charge is 0.350 e. The van der Waals surface area contributed by atoms with Crippen molar-refractivity contribution in [1.29, 1.82) is 0 Å². The predicted octanol–water partition coefficient (Wildman–Crippen LogP) is 4.20. The lowest BCUT2D eigenvalue weighted by Gasteiger charge is -2.12. The number of carbonyl (C=O) groups is 2. The summed E-state index contributed by atoms with van der Waals surface area (Å²) in [6.45, 7) is 7.27. The van der Waals surface area contributed by atoms with Gasteiger partial charge in [0.1, 0.15) is 9.88 Å². The maximum Gasteiger partial charge on any atom is 0.350 e. The van der Waals surface area contributed by atoms with Gasteiger partial charge in [-0.15, -0.1) is 11.3 Å². The zero-order valence-electron chi connectivity index (χ0n) is 16.1. The Morgan fingerprint density at radius 2 is 1.93 bits per heavy atom. The number of rotatable bonds is 5. The van der Waals surface area contributed by atoms with E-state index in [2.05, 4.69) is 15.5 Å². The number of anilines is 1. The number of aryl methyl sites for hydroxylation is 1. The monoisotopic (exact) mass is 399 g/mol. The fourth-order valence-corrected chi connectivity index (χ4v) is 3.31. The zero-order valence-corrected chi connectivity index (χ0v) is 16.9. The molecule has 1 amide bonds. The van der Waals surface area contributed by atoms with E-state index in [1.807, 2.05) is 51.1 Å². The summed E-state index contributed by atoms with van der Waals surface area (Å²) in [5.74, 6) is -0.873. The molecule has 7 nitrogen and oxygen atoms in total. The first-order chi connectivity index (χ1) is 13.2. The molecule has 0 radical (unpaired) electrons. The molecule has 0 aliphatic rings. The van der Waals surface area contributed by atoms with E-state index in [4.69, 9.17) is 9.26 Å². The van der Waals surface area contributed by atoms with Gasteiger partial charge in [-0.2, -0.15) is 0 Å². The molecule has 0 saturated heterocycles. The van der Waals surface area contributed by atoms with Crippen molar-refractivity contribution in [3.05, 3.63) is 52.7 Å². The average molecular weight is 399 g/mol. The number of thiazole rings is 1. The molecule has 0 fully saturated rings. The Bertz CT molecular complexity index is 987. The van der Waals surface area contributed by atoms with Crippen molar-refractivity contribution in [3.63, 3.8) is 0 Å². The van der Waals surface area contributed by atoms with Crippen LogP contribution in [0.1, 0.15) is 41.8 Å². The van der Waals surface area contributed by atoms with E-state index in [1.165, 1.54) is 11.3 Å². The largest absolute Gasteiger partial charge is 0.451 e. The van der Waals surface area contributed by atoms with E-state index in [0.29, 0.717) is 16.3 Å². The Balaban J connectivity index is 1.59. The number of ether oxygens (including phenoxy) is 1. The molecule has 0 bridgehead atoms. The molecule has 2 aromatic heterocycles. The lowest BCUT2D eigenvalue weighted by atomic mass is 9.92. The molecule has 2 heterocycles. The molecule has 0 atom stereocenters. The molecule has 0 aliphatic carbocycles. The van der Waals surface area contributed by atoms with Gasteiger partial charge >= 0.3 is 5.97 Å². The van der Waals surface area contributed by atoms with Crippen molar-refractivity contribution in [2.45, 2.75) is 33.1 Å². The maximum absolute atomic E-state index is 12.3. The van der Waals surface area contributed by atoms with E-state index in [1.54, 1.807) is 13.0 Å². The molecule has 1 aromatic carbocycles. The van der Waals surface area contributed by atoms with Crippen LogP contribution in [0.15, 0.2) is 40.9 Å². The first kappa shape index (κ1) is 19.8. The van der Waals surface area contributed by atoms with Crippen molar-refractivity contribution in [2.24, 2.45) is 0 Å². The van der Waals surface area contributed by atoms with Gasteiger partial charge in [0, 0.05) is 17.0 Å². The second-order valence-electron chi connectivity index (χ2n) is 7.25. The summed E-state index contributed by atoms with van der Waals surface area (Å²) < 4.78 is 10.2. The Hall–Kier alpha value is -3.00.